The van der Waals surface area contributed by atoms with Gasteiger partial charge in [0.2, 0.25) is 0 Å². The van der Waals surface area contributed by atoms with Crippen LogP contribution in [0.4, 0.5) is 0 Å². The molecule has 0 aliphatic rings. The van der Waals surface area contributed by atoms with Gasteiger partial charge in [-0.2, -0.15) is 0 Å². The molecule has 0 amide bonds. The van der Waals surface area contributed by atoms with Gasteiger partial charge in [0.15, 0.2) is 0 Å². The number of benzene rings is 2. The molecule has 0 saturated heterocycles. The molecule has 0 aliphatic carbocycles. The fourth-order valence-corrected chi connectivity index (χ4v) is 2.29. The van der Waals surface area contributed by atoms with Crippen LogP contribution in [-0.4, -0.2) is 11.1 Å². The van der Waals surface area contributed by atoms with Crippen LogP contribution >= 0.6 is 0 Å². The summed E-state index contributed by atoms with van der Waals surface area (Å²) in [6.45, 7) is 5.73. The van der Waals surface area contributed by atoms with Crippen molar-refractivity contribution >= 4 is 5.97 Å². The monoisotopic (exact) mass is 269 g/mol. The third kappa shape index (κ3) is 3.93. The van der Waals surface area contributed by atoms with E-state index in [4.69, 9.17) is 5.11 Å². The van der Waals surface area contributed by atoms with Crippen molar-refractivity contribution < 1.29 is 9.90 Å². The lowest BCUT2D eigenvalue weighted by Gasteiger charge is -2.07. The molecule has 0 atom stereocenters. The minimum absolute atomic E-state index is 0.322. The number of carboxylic acids is 1. The van der Waals surface area contributed by atoms with E-state index < -0.39 is 5.97 Å². The molecule has 2 rings (SSSR count). The maximum Gasteiger partial charge on any atom is 0.335 e. The molecule has 2 aromatic rings. The van der Waals surface area contributed by atoms with Gasteiger partial charge in [-0.1, -0.05) is 41.5 Å². The first kappa shape index (κ1) is 14.3. The third-order valence-electron chi connectivity index (χ3n) is 3.14. The Labute approximate surface area is 119 Å². The van der Waals surface area contributed by atoms with Crippen LogP contribution in [0.3, 0.4) is 0 Å². The predicted molar refractivity (Wildman–Crippen MR) is 79.9 cm³/mol. The molecule has 104 valence electrons. The number of carboxylic acid groups (broad SMARTS) is 1. The SMILES string of the molecule is Cc1cc(C)cc(CNCc2ccc(C(=O)O)cc2)c1. The zero-order valence-corrected chi connectivity index (χ0v) is 11.8. The van der Waals surface area contributed by atoms with E-state index in [1.54, 1.807) is 12.1 Å². The summed E-state index contributed by atoms with van der Waals surface area (Å²) < 4.78 is 0. The summed E-state index contributed by atoms with van der Waals surface area (Å²) in [5.74, 6) is -0.889. The number of aromatic carboxylic acids is 1. The molecule has 2 N–H and O–H groups in total. The standard InChI is InChI=1S/C17H19NO2/c1-12-7-13(2)9-15(8-12)11-18-10-14-3-5-16(6-4-14)17(19)20/h3-9,18H,10-11H2,1-2H3,(H,19,20). The van der Waals surface area contributed by atoms with Crippen molar-refractivity contribution in [1.29, 1.82) is 0 Å². The Kier molecular flexibility index (Phi) is 4.53. The van der Waals surface area contributed by atoms with Crippen molar-refractivity contribution in [3.05, 3.63) is 70.3 Å². The fraction of sp³-hybridized carbons (Fsp3) is 0.235. The average Bonchev–Trinajstić information content (AvgIpc) is 2.38. The van der Waals surface area contributed by atoms with Gasteiger partial charge < -0.3 is 10.4 Å². The number of hydrogen-bond donors (Lipinski definition) is 2. The highest BCUT2D eigenvalue weighted by Gasteiger charge is 2.01. The van der Waals surface area contributed by atoms with E-state index in [9.17, 15) is 4.79 Å². The van der Waals surface area contributed by atoms with Gasteiger partial charge in [-0.05, 0) is 37.1 Å². The fourth-order valence-electron chi connectivity index (χ4n) is 2.29. The summed E-state index contributed by atoms with van der Waals surface area (Å²) in [7, 11) is 0. The van der Waals surface area contributed by atoms with Crippen LogP contribution in [0.1, 0.15) is 32.6 Å². The summed E-state index contributed by atoms with van der Waals surface area (Å²) >= 11 is 0. The molecule has 0 aliphatic heterocycles. The second kappa shape index (κ2) is 6.35. The lowest BCUT2D eigenvalue weighted by Crippen LogP contribution is -2.13. The van der Waals surface area contributed by atoms with Crippen molar-refractivity contribution in [2.75, 3.05) is 0 Å². The van der Waals surface area contributed by atoms with Gasteiger partial charge in [-0.3, -0.25) is 0 Å². The first-order chi connectivity index (χ1) is 9.54. The molecular weight excluding hydrogens is 250 g/mol. The lowest BCUT2D eigenvalue weighted by atomic mass is 10.1. The lowest BCUT2D eigenvalue weighted by molar-refractivity contribution is 0.0697. The molecule has 0 fully saturated rings. The highest BCUT2D eigenvalue weighted by Crippen LogP contribution is 2.09. The first-order valence-corrected chi connectivity index (χ1v) is 6.65. The van der Waals surface area contributed by atoms with Crippen LogP contribution in [0.15, 0.2) is 42.5 Å². The van der Waals surface area contributed by atoms with E-state index in [1.807, 2.05) is 12.1 Å². The highest BCUT2D eigenvalue weighted by molar-refractivity contribution is 5.87. The molecule has 0 bridgehead atoms. The summed E-state index contributed by atoms with van der Waals surface area (Å²) in [4.78, 5) is 10.8. The first-order valence-electron chi connectivity index (χ1n) is 6.65. The van der Waals surface area contributed by atoms with Crippen LogP contribution < -0.4 is 5.32 Å². The van der Waals surface area contributed by atoms with Crippen molar-refractivity contribution in [1.82, 2.24) is 5.32 Å². The van der Waals surface area contributed by atoms with Gasteiger partial charge >= 0.3 is 5.97 Å². The Morgan fingerprint density at radius 3 is 2.05 bits per heavy atom. The van der Waals surface area contributed by atoms with E-state index in [0.717, 1.165) is 18.7 Å². The summed E-state index contributed by atoms with van der Waals surface area (Å²) in [6.07, 6.45) is 0. The minimum Gasteiger partial charge on any atom is -0.478 e. The van der Waals surface area contributed by atoms with Crippen LogP contribution in [0.2, 0.25) is 0 Å². The summed E-state index contributed by atoms with van der Waals surface area (Å²) in [5, 5.41) is 12.2. The van der Waals surface area contributed by atoms with Crippen LogP contribution in [0.5, 0.6) is 0 Å². The van der Waals surface area contributed by atoms with E-state index in [-0.39, 0.29) is 0 Å². The maximum absolute atomic E-state index is 10.8. The largest absolute Gasteiger partial charge is 0.478 e. The second-order valence-corrected chi connectivity index (χ2v) is 5.10. The van der Waals surface area contributed by atoms with Gasteiger partial charge in [-0.25, -0.2) is 4.79 Å². The Bertz CT molecular complexity index is 583. The molecule has 20 heavy (non-hydrogen) atoms. The number of carbonyl (C=O) groups is 1. The average molecular weight is 269 g/mol. The van der Waals surface area contributed by atoms with Gasteiger partial charge in [0.05, 0.1) is 5.56 Å². The zero-order valence-electron chi connectivity index (χ0n) is 11.8. The number of rotatable bonds is 5. The molecule has 0 spiro atoms. The van der Waals surface area contributed by atoms with Crippen molar-refractivity contribution in [3.8, 4) is 0 Å². The van der Waals surface area contributed by atoms with Gasteiger partial charge in [-0.15, -0.1) is 0 Å². The van der Waals surface area contributed by atoms with E-state index in [1.165, 1.54) is 16.7 Å². The molecule has 3 heteroatoms. The van der Waals surface area contributed by atoms with Crippen LogP contribution in [0.25, 0.3) is 0 Å². The Hall–Kier alpha value is -2.13. The summed E-state index contributed by atoms with van der Waals surface area (Å²) in [5.41, 5.74) is 5.22. The number of nitrogens with one attached hydrogen (secondary N) is 1. The normalized spacial score (nSPS) is 10.5. The van der Waals surface area contributed by atoms with Crippen molar-refractivity contribution in [2.45, 2.75) is 26.9 Å². The molecule has 0 heterocycles. The smallest absolute Gasteiger partial charge is 0.335 e. The number of hydrogen-bond acceptors (Lipinski definition) is 2. The van der Waals surface area contributed by atoms with Gasteiger partial charge in [0.25, 0.3) is 0 Å². The molecule has 0 saturated carbocycles. The Balaban J connectivity index is 1.90. The second-order valence-electron chi connectivity index (χ2n) is 5.10. The van der Waals surface area contributed by atoms with E-state index in [0.29, 0.717) is 5.56 Å². The van der Waals surface area contributed by atoms with Gasteiger partial charge in [0, 0.05) is 13.1 Å². The Morgan fingerprint density at radius 2 is 1.50 bits per heavy atom. The van der Waals surface area contributed by atoms with Crippen LogP contribution in [-0.2, 0) is 13.1 Å². The van der Waals surface area contributed by atoms with Crippen molar-refractivity contribution in [2.24, 2.45) is 0 Å². The molecule has 0 radical (unpaired) electrons. The molecule has 0 aromatic heterocycles. The maximum atomic E-state index is 10.8. The molecule has 0 unspecified atom stereocenters. The quantitative estimate of drug-likeness (QED) is 0.875. The van der Waals surface area contributed by atoms with E-state index in [2.05, 4.69) is 37.4 Å². The third-order valence-corrected chi connectivity index (χ3v) is 3.14. The van der Waals surface area contributed by atoms with Crippen LogP contribution in [0, 0.1) is 13.8 Å². The zero-order chi connectivity index (χ0) is 14.5. The number of aryl methyl sites for hydroxylation is 2. The molecular formula is C17H19NO2. The van der Waals surface area contributed by atoms with E-state index >= 15 is 0 Å². The minimum atomic E-state index is -0.889. The predicted octanol–water partition coefficient (Wildman–Crippen LogP) is 3.29. The molecule has 3 nitrogen and oxygen atoms in total. The molecule has 2 aromatic carbocycles. The Morgan fingerprint density at radius 1 is 0.950 bits per heavy atom. The summed E-state index contributed by atoms with van der Waals surface area (Å²) in [6, 6.07) is 13.5. The topological polar surface area (TPSA) is 49.3 Å². The van der Waals surface area contributed by atoms with Crippen molar-refractivity contribution in [3.63, 3.8) is 0 Å². The van der Waals surface area contributed by atoms with Gasteiger partial charge in [0.1, 0.15) is 0 Å². The highest BCUT2D eigenvalue weighted by atomic mass is 16.4.